The Morgan fingerprint density at radius 3 is 2.32 bits per heavy atom. The summed E-state index contributed by atoms with van der Waals surface area (Å²) < 4.78 is 43.6. The third-order valence-electron chi connectivity index (χ3n) is 6.36. The van der Waals surface area contributed by atoms with E-state index in [1.54, 1.807) is 24.3 Å². The predicted molar refractivity (Wildman–Crippen MR) is 133 cm³/mol. The van der Waals surface area contributed by atoms with E-state index in [9.17, 15) is 32.7 Å². The van der Waals surface area contributed by atoms with E-state index in [0.717, 1.165) is 24.3 Å². The van der Waals surface area contributed by atoms with Crippen LogP contribution in [0.5, 0.6) is 0 Å². The summed E-state index contributed by atoms with van der Waals surface area (Å²) in [5.74, 6) is -0.878. The molecule has 2 aromatic rings. The zero-order valence-corrected chi connectivity index (χ0v) is 21.0. The van der Waals surface area contributed by atoms with Crippen LogP contribution >= 0.6 is 11.6 Å². The van der Waals surface area contributed by atoms with Crippen LogP contribution in [0.4, 0.5) is 23.7 Å². The molecule has 3 amide bonds. The molecule has 0 radical (unpaired) electrons. The van der Waals surface area contributed by atoms with Gasteiger partial charge < -0.3 is 25.8 Å². The number of aliphatic hydroxyl groups excluding tert-OH is 1. The van der Waals surface area contributed by atoms with Crippen molar-refractivity contribution in [3.63, 3.8) is 0 Å². The van der Waals surface area contributed by atoms with Crippen molar-refractivity contribution in [3.8, 4) is 0 Å². The van der Waals surface area contributed by atoms with Gasteiger partial charge in [0.25, 0.3) is 0 Å². The lowest BCUT2D eigenvalue weighted by atomic mass is 9.78. The van der Waals surface area contributed by atoms with E-state index >= 15 is 0 Å². The molecule has 0 aliphatic carbocycles. The number of anilines is 1. The minimum absolute atomic E-state index is 0.0821. The molecular weight excluding hydrogens is 529 g/mol. The molecule has 5 N–H and O–H groups in total. The highest BCUT2D eigenvalue weighted by Gasteiger charge is 2.44. The first-order chi connectivity index (χ1) is 17.9. The van der Waals surface area contributed by atoms with Crippen LogP contribution < -0.4 is 16.4 Å². The fraction of sp³-hybridized carbons (Fsp3) is 0.400. The third-order valence-corrected chi connectivity index (χ3v) is 6.73. The van der Waals surface area contributed by atoms with Crippen LogP contribution in [0.15, 0.2) is 48.5 Å². The van der Waals surface area contributed by atoms with Crippen molar-refractivity contribution >= 4 is 35.2 Å². The molecule has 38 heavy (non-hydrogen) atoms. The minimum Gasteiger partial charge on any atom is -0.448 e. The van der Waals surface area contributed by atoms with Gasteiger partial charge in [-0.2, -0.15) is 13.2 Å². The number of carbonyl (C=O) groups is 3. The average molecular weight is 557 g/mol. The van der Waals surface area contributed by atoms with Gasteiger partial charge >= 0.3 is 12.3 Å². The van der Waals surface area contributed by atoms with Gasteiger partial charge in [0.15, 0.2) is 0 Å². The number of alkyl halides is 3. The van der Waals surface area contributed by atoms with Gasteiger partial charge in [-0.25, -0.2) is 4.79 Å². The Balaban J connectivity index is 1.68. The number of nitrogens with two attached hydrogens (primary N) is 1. The van der Waals surface area contributed by atoms with Crippen LogP contribution in [0.3, 0.4) is 0 Å². The zero-order chi connectivity index (χ0) is 27.9. The Labute approximate surface area is 222 Å². The monoisotopic (exact) mass is 556 g/mol. The van der Waals surface area contributed by atoms with Crippen molar-refractivity contribution < 1.29 is 37.4 Å². The van der Waals surface area contributed by atoms with Crippen LogP contribution in [-0.2, 0) is 27.0 Å². The summed E-state index contributed by atoms with van der Waals surface area (Å²) in [5.41, 5.74) is 4.33. The highest BCUT2D eigenvalue weighted by molar-refractivity contribution is 6.31. The maximum absolute atomic E-state index is 13.3. The molecule has 0 spiro atoms. The number of benzene rings is 2. The number of nitrogens with zero attached hydrogens (tertiary/aromatic N) is 1. The topological polar surface area (TPSA) is 134 Å². The molecule has 1 fully saturated rings. The van der Waals surface area contributed by atoms with Crippen molar-refractivity contribution in [2.24, 2.45) is 11.1 Å². The number of carbonyl (C=O) groups excluding carboxylic acids is 3. The first-order valence-electron chi connectivity index (χ1n) is 11.7. The Kier molecular flexibility index (Phi) is 9.58. The highest BCUT2D eigenvalue weighted by atomic mass is 35.5. The highest BCUT2D eigenvalue weighted by Crippen LogP contribution is 2.34. The molecule has 13 heteroatoms. The van der Waals surface area contributed by atoms with E-state index in [4.69, 9.17) is 22.1 Å². The number of piperidine rings is 1. The lowest BCUT2D eigenvalue weighted by molar-refractivity contribution is -0.144. The van der Waals surface area contributed by atoms with Crippen LogP contribution in [0, 0.1) is 5.41 Å². The molecule has 0 unspecified atom stereocenters. The number of hydrogen-bond donors (Lipinski definition) is 4. The van der Waals surface area contributed by atoms with Gasteiger partial charge in [0.05, 0.1) is 17.6 Å². The van der Waals surface area contributed by atoms with Gasteiger partial charge in [0.2, 0.25) is 11.8 Å². The molecule has 1 atom stereocenters. The van der Waals surface area contributed by atoms with Crippen LogP contribution in [0.1, 0.15) is 24.0 Å². The molecule has 0 saturated carbocycles. The van der Waals surface area contributed by atoms with Gasteiger partial charge in [0.1, 0.15) is 12.6 Å². The number of ether oxygens (including phenoxy) is 1. The van der Waals surface area contributed by atoms with Gasteiger partial charge in [-0.05, 0) is 48.7 Å². The second kappa shape index (κ2) is 12.5. The summed E-state index contributed by atoms with van der Waals surface area (Å²) in [6, 6.07) is 9.70. The standard InChI is InChI=1S/C25H28ClF3N4O5/c26-19-4-2-1-3-16(19)13-31-22(36)24(9-11-33(12-10-24)21(35)20(30)14-34)15-38-23(37)32-18-7-5-17(6-8-18)25(27,28)29/h1-8,20,34H,9-15,30H2,(H,31,36)(H,32,37)/t20-/m0/s1. The van der Waals surface area contributed by atoms with Gasteiger partial charge in [0, 0.05) is 30.3 Å². The first kappa shape index (κ1) is 29.2. The molecule has 2 aromatic carbocycles. The van der Waals surface area contributed by atoms with E-state index in [1.165, 1.54) is 4.90 Å². The van der Waals surface area contributed by atoms with E-state index in [1.807, 2.05) is 0 Å². The summed E-state index contributed by atoms with van der Waals surface area (Å²) in [6.07, 6.45) is -5.19. The summed E-state index contributed by atoms with van der Waals surface area (Å²) in [5, 5.41) is 14.8. The van der Waals surface area contributed by atoms with Crippen molar-refractivity contribution in [2.45, 2.75) is 31.6 Å². The van der Waals surface area contributed by atoms with Crippen molar-refractivity contribution in [1.82, 2.24) is 10.2 Å². The number of amides is 3. The Hall–Kier alpha value is -3.35. The van der Waals surface area contributed by atoms with Gasteiger partial charge in [-0.1, -0.05) is 29.8 Å². The predicted octanol–water partition coefficient (Wildman–Crippen LogP) is 3.15. The minimum atomic E-state index is -4.51. The Morgan fingerprint density at radius 2 is 1.74 bits per heavy atom. The van der Waals surface area contributed by atoms with Crippen molar-refractivity contribution in [1.29, 1.82) is 0 Å². The normalized spacial score (nSPS) is 15.9. The van der Waals surface area contributed by atoms with Crippen LogP contribution in [0.2, 0.25) is 5.02 Å². The SMILES string of the molecule is N[C@@H](CO)C(=O)N1CCC(COC(=O)Nc2ccc(C(F)(F)F)cc2)(C(=O)NCc2ccccc2Cl)CC1. The number of hydrogen-bond acceptors (Lipinski definition) is 6. The molecule has 206 valence electrons. The molecule has 1 aliphatic heterocycles. The summed E-state index contributed by atoms with van der Waals surface area (Å²) in [6.45, 7) is -0.476. The lowest BCUT2D eigenvalue weighted by Crippen LogP contribution is -2.55. The molecule has 1 heterocycles. The molecule has 1 aliphatic rings. The quantitative estimate of drug-likeness (QED) is 0.395. The molecule has 0 aromatic heterocycles. The Morgan fingerprint density at radius 1 is 1.11 bits per heavy atom. The maximum Gasteiger partial charge on any atom is 0.416 e. The lowest BCUT2D eigenvalue weighted by Gasteiger charge is -2.40. The van der Waals surface area contributed by atoms with E-state index in [2.05, 4.69) is 10.6 Å². The van der Waals surface area contributed by atoms with E-state index < -0.39 is 47.7 Å². The molecule has 0 bridgehead atoms. The van der Waals surface area contributed by atoms with Gasteiger partial charge in [-0.3, -0.25) is 14.9 Å². The second-order valence-corrected chi connectivity index (χ2v) is 9.35. The molecule has 9 nitrogen and oxygen atoms in total. The number of aliphatic hydroxyl groups is 1. The number of likely N-dealkylation sites (tertiary alicyclic amines) is 1. The average Bonchev–Trinajstić information content (AvgIpc) is 2.90. The van der Waals surface area contributed by atoms with Crippen molar-refractivity contribution in [2.75, 3.05) is 31.6 Å². The summed E-state index contributed by atoms with van der Waals surface area (Å²) in [7, 11) is 0. The maximum atomic E-state index is 13.3. The Bertz CT molecular complexity index is 1140. The largest absolute Gasteiger partial charge is 0.448 e. The molecule has 3 rings (SSSR count). The van der Waals surface area contributed by atoms with Gasteiger partial charge in [-0.15, -0.1) is 0 Å². The number of rotatable bonds is 8. The van der Waals surface area contributed by atoms with E-state index in [-0.39, 0.29) is 44.8 Å². The second-order valence-electron chi connectivity index (χ2n) is 8.95. The fourth-order valence-corrected chi connectivity index (χ4v) is 4.21. The molecular formula is C25H28ClF3N4O5. The van der Waals surface area contributed by atoms with Crippen LogP contribution in [0.25, 0.3) is 0 Å². The summed E-state index contributed by atoms with van der Waals surface area (Å²) in [4.78, 5) is 39.6. The molecule has 1 saturated heterocycles. The third kappa shape index (κ3) is 7.36. The smallest absolute Gasteiger partial charge is 0.416 e. The zero-order valence-electron chi connectivity index (χ0n) is 20.3. The van der Waals surface area contributed by atoms with E-state index in [0.29, 0.717) is 10.6 Å². The van der Waals surface area contributed by atoms with Crippen LogP contribution in [-0.4, -0.2) is 60.3 Å². The summed E-state index contributed by atoms with van der Waals surface area (Å²) >= 11 is 6.17. The first-order valence-corrected chi connectivity index (χ1v) is 12.1. The van der Waals surface area contributed by atoms with Crippen molar-refractivity contribution in [3.05, 3.63) is 64.7 Å². The fourth-order valence-electron chi connectivity index (χ4n) is 4.01. The number of halogens is 4. The number of nitrogens with one attached hydrogen (secondary N) is 2.